The molecule has 1 N–H and O–H groups in total. The van der Waals surface area contributed by atoms with Crippen LogP contribution in [0.2, 0.25) is 0 Å². The van der Waals surface area contributed by atoms with Crippen molar-refractivity contribution in [1.82, 2.24) is 5.32 Å². The Labute approximate surface area is 98.3 Å². The van der Waals surface area contributed by atoms with Crippen molar-refractivity contribution < 1.29 is 0 Å². The molecule has 1 aromatic rings. The summed E-state index contributed by atoms with van der Waals surface area (Å²) in [5, 5.41) is 12.1. The lowest BCUT2D eigenvalue weighted by molar-refractivity contribution is 0.489. The monoisotopic (exact) mass is 216 g/mol. The molecule has 86 valence electrons. The largest absolute Gasteiger partial charge is 0.300 e. The van der Waals surface area contributed by atoms with Gasteiger partial charge in [-0.05, 0) is 45.2 Å². The molecule has 0 aliphatic carbocycles. The summed E-state index contributed by atoms with van der Waals surface area (Å²) in [6.07, 6.45) is 0.969. The first kappa shape index (κ1) is 12.7. The number of nitrogens with one attached hydrogen (secondary N) is 1. The van der Waals surface area contributed by atoms with Crippen LogP contribution in [-0.2, 0) is 6.42 Å². The molecule has 16 heavy (non-hydrogen) atoms. The summed E-state index contributed by atoms with van der Waals surface area (Å²) in [5.74, 6) is 0. The lowest BCUT2D eigenvalue weighted by Crippen LogP contribution is -2.38. The van der Waals surface area contributed by atoms with Crippen molar-refractivity contribution in [1.29, 1.82) is 5.26 Å². The van der Waals surface area contributed by atoms with Gasteiger partial charge in [0.15, 0.2) is 0 Å². The van der Waals surface area contributed by atoms with Gasteiger partial charge in [-0.3, -0.25) is 5.32 Å². The summed E-state index contributed by atoms with van der Waals surface area (Å²) >= 11 is 0. The molecule has 0 aromatic heterocycles. The van der Waals surface area contributed by atoms with Gasteiger partial charge in [0.2, 0.25) is 0 Å². The summed E-state index contributed by atoms with van der Waals surface area (Å²) in [5.41, 5.74) is 3.55. The van der Waals surface area contributed by atoms with Gasteiger partial charge in [-0.2, -0.15) is 5.26 Å². The maximum Gasteiger partial charge on any atom is 0.101 e. The van der Waals surface area contributed by atoms with E-state index in [4.69, 9.17) is 5.26 Å². The lowest BCUT2D eigenvalue weighted by Gasteiger charge is -2.17. The molecule has 0 saturated carbocycles. The van der Waals surface area contributed by atoms with Gasteiger partial charge in [0.1, 0.15) is 5.54 Å². The topological polar surface area (TPSA) is 35.8 Å². The fourth-order valence-corrected chi connectivity index (χ4v) is 1.68. The second kappa shape index (κ2) is 5.14. The van der Waals surface area contributed by atoms with E-state index < -0.39 is 5.54 Å². The number of nitrogens with zero attached hydrogens (tertiary/aromatic N) is 1. The molecule has 0 saturated heterocycles. The number of hydrogen-bond acceptors (Lipinski definition) is 2. The third-order valence-corrected chi connectivity index (χ3v) is 2.74. The Morgan fingerprint density at radius 1 is 1.31 bits per heavy atom. The highest BCUT2D eigenvalue weighted by atomic mass is 14.9. The minimum Gasteiger partial charge on any atom is -0.300 e. The molecule has 0 bridgehead atoms. The first-order valence-electron chi connectivity index (χ1n) is 5.67. The Balaban J connectivity index is 2.53. The Hall–Kier alpha value is -1.33. The molecule has 0 aliphatic rings. The normalized spacial score (nSPS) is 11.2. The fraction of sp³-hybridized carbons (Fsp3) is 0.500. The van der Waals surface area contributed by atoms with Crippen molar-refractivity contribution in [3.8, 4) is 6.07 Å². The first-order valence-corrected chi connectivity index (χ1v) is 5.67. The van der Waals surface area contributed by atoms with E-state index in [0.717, 1.165) is 13.0 Å². The molecule has 1 rings (SSSR count). The van der Waals surface area contributed by atoms with Crippen LogP contribution >= 0.6 is 0 Å². The maximum atomic E-state index is 8.87. The van der Waals surface area contributed by atoms with Gasteiger partial charge in [-0.25, -0.2) is 0 Å². The smallest absolute Gasteiger partial charge is 0.101 e. The van der Waals surface area contributed by atoms with Gasteiger partial charge in [0.05, 0.1) is 6.07 Å². The van der Waals surface area contributed by atoms with E-state index in [1.807, 2.05) is 13.8 Å². The average molecular weight is 216 g/mol. The van der Waals surface area contributed by atoms with E-state index >= 15 is 0 Å². The van der Waals surface area contributed by atoms with Crippen molar-refractivity contribution in [3.63, 3.8) is 0 Å². The average Bonchev–Trinajstić information content (AvgIpc) is 2.21. The van der Waals surface area contributed by atoms with Crippen LogP contribution in [0.15, 0.2) is 18.2 Å². The highest BCUT2D eigenvalue weighted by Crippen LogP contribution is 2.11. The molecule has 0 unspecified atom stereocenters. The molecular formula is C14H20N2. The zero-order valence-electron chi connectivity index (χ0n) is 10.6. The van der Waals surface area contributed by atoms with Crippen LogP contribution in [0.1, 0.15) is 30.5 Å². The number of benzene rings is 1. The highest BCUT2D eigenvalue weighted by Gasteiger charge is 2.14. The van der Waals surface area contributed by atoms with Crippen LogP contribution in [0.5, 0.6) is 0 Å². The second-order valence-electron chi connectivity index (χ2n) is 4.84. The standard InChI is InChI=1S/C14H20N2/c1-11-5-6-13(12(2)9-11)7-8-16-14(3,4)10-15/h5-6,9,16H,7-8H2,1-4H3. The highest BCUT2D eigenvalue weighted by molar-refractivity contribution is 5.30. The van der Waals surface area contributed by atoms with Crippen LogP contribution in [0.25, 0.3) is 0 Å². The third-order valence-electron chi connectivity index (χ3n) is 2.74. The van der Waals surface area contributed by atoms with Crippen molar-refractivity contribution in [2.45, 2.75) is 39.7 Å². The quantitative estimate of drug-likeness (QED) is 0.840. The number of nitriles is 1. The molecule has 0 amide bonds. The molecular weight excluding hydrogens is 196 g/mol. The Morgan fingerprint density at radius 3 is 2.56 bits per heavy atom. The maximum absolute atomic E-state index is 8.87. The minimum absolute atomic E-state index is 0.432. The van der Waals surface area contributed by atoms with E-state index in [1.54, 1.807) is 0 Å². The van der Waals surface area contributed by atoms with E-state index in [-0.39, 0.29) is 0 Å². The number of rotatable bonds is 4. The Morgan fingerprint density at radius 2 is 2.00 bits per heavy atom. The molecule has 0 radical (unpaired) electrons. The van der Waals surface area contributed by atoms with Crippen molar-refractivity contribution in [2.75, 3.05) is 6.54 Å². The number of aryl methyl sites for hydroxylation is 2. The summed E-state index contributed by atoms with van der Waals surface area (Å²) in [4.78, 5) is 0. The van der Waals surface area contributed by atoms with Crippen molar-refractivity contribution >= 4 is 0 Å². The summed E-state index contributed by atoms with van der Waals surface area (Å²) < 4.78 is 0. The molecule has 0 fully saturated rings. The van der Waals surface area contributed by atoms with Crippen molar-refractivity contribution in [2.24, 2.45) is 0 Å². The van der Waals surface area contributed by atoms with E-state index in [9.17, 15) is 0 Å². The molecule has 0 aliphatic heterocycles. The van der Waals surface area contributed by atoms with Crippen LogP contribution in [0.4, 0.5) is 0 Å². The van der Waals surface area contributed by atoms with Crippen LogP contribution < -0.4 is 5.32 Å². The van der Waals surface area contributed by atoms with Gasteiger partial charge < -0.3 is 0 Å². The Bertz CT molecular complexity index is 400. The predicted octanol–water partition coefficient (Wildman–Crippen LogP) is 2.74. The Kier molecular flexibility index (Phi) is 4.09. The summed E-state index contributed by atoms with van der Waals surface area (Å²) in [6.45, 7) is 8.88. The van der Waals surface area contributed by atoms with Gasteiger partial charge in [-0.15, -0.1) is 0 Å². The molecule has 0 heterocycles. The van der Waals surface area contributed by atoms with Crippen LogP contribution in [-0.4, -0.2) is 12.1 Å². The van der Waals surface area contributed by atoms with Crippen molar-refractivity contribution in [3.05, 3.63) is 34.9 Å². The molecule has 2 heteroatoms. The molecule has 1 aromatic carbocycles. The minimum atomic E-state index is -0.432. The van der Waals surface area contributed by atoms with Crippen LogP contribution in [0, 0.1) is 25.2 Å². The summed E-state index contributed by atoms with van der Waals surface area (Å²) in [7, 11) is 0. The van der Waals surface area contributed by atoms with Crippen LogP contribution in [0.3, 0.4) is 0 Å². The first-order chi connectivity index (χ1) is 7.44. The molecule has 0 spiro atoms. The third kappa shape index (κ3) is 3.67. The summed E-state index contributed by atoms with van der Waals surface area (Å²) in [6, 6.07) is 8.75. The fourth-order valence-electron chi connectivity index (χ4n) is 1.68. The lowest BCUT2D eigenvalue weighted by atomic mass is 10.0. The van der Waals surface area contributed by atoms with E-state index in [0.29, 0.717) is 0 Å². The van der Waals surface area contributed by atoms with E-state index in [1.165, 1.54) is 16.7 Å². The predicted molar refractivity (Wildman–Crippen MR) is 67.3 cm³/mol. The van der Waals surface area contributed by atoms with Gasteiger partial charge >= 0.3 is 0 Å². The van der Waals surface area contributed by atoms with E-state index in [2.05, 4.69) is 43.4 Å². The van der Waals surface area contributed by atoms with Gasteiger partial charge in [-0.1, -0.05) is 23.8 Å². The number of hydrogen-bond donors (Lipinski definition) is 1. The molecule has 2 nitrogen and oxygen atoms in total. The second-order valence-corrected chi connectivity index (χ2v) is 4.84. The zero-order valence-corrected chi connectivity index (χ0v) is 10.6. The zero-order chi connectivity index (χ0) is 12.2. The van der Waals surface area contributed by atoms with Gasteiger partial charge in [0, 0.05) is 6.54 Å². The SMILES string of the molecule is Cc1ccc(CCNC(C)(C)C#N)c(C)c1. The molecule has 0 atom stereocenters. The van der Waals surface area contributed by atoms with Gasteiger partial charge in [0.25, 0.3) is 0 Å².